The van der Waals surface area contributed by atoms with Crippen LogP contribution in [0.4, 0.5) is 0 Å². The van der Waals surface area contributed by atoms with E-state index in [2.05, 4.69) is 50.3 Å². The summed E-state index contributed by atoms with van der Waals surface area (Å²) in [5, 5.41) is 0. The molecule has 0 rings (SSSR count). The number of carbonyl (C=O) groups excluding carboxylic acids is 2. The maximum atomic E-state index is 12.6. The number of hydrogen-bond donors (Lipinski definition) is 1. The Morgan fingerprint density at radius 1 is 0.596 bits per heavy atom. The first-order valence-electron chi connectivity index (χ1n) is 20.7. The molecule has 0 fully saturated rings. The van der Waals surface area contributed by atoms with Gasteiger partial charge in [-0.2, -0.15) is 0 Å². The number of likely N-dealkylation sites (N-methyl/N-ethyl adjacent to an activating group) is 1. The fraction of sp³-hybridized carbons (Fsp3) is 0.810. The summed E-state index contributed by atoms with van der Waals surface area (Å²) in [5.74, 6) is -0.828. The lowest BCUT2D eigenvalue weighted by Crippen LogP contribution is -2.37. The molecule has 0 amide bonds. The summed E-state index contributed by atoms with van der Waals surface area (Å²) in [5.41, 5.74) is 0. The van der Waals surface area contributed by atoms with E-state index in [1.165, 1.54) is 57.8 Å². The predicted octanol–water partition coefficient (Wildman–Crippen LogP) is 11.4. The lowest BCUT2D eigenvalue weighted by atomic mass is 10.1. The molecule has 0 radical (unpaired) electrons. The Balaban J connectivity index is 4.44. The van der Waals surface area contributed by atoms with E-state index in [0.717, 1.165) is 77.0 Å². The normalized spacial score (nSPS) is 14.0. The van der Waals surface area contributed by atoms with E-state index >= 15 is 0 Å². The smallest absolute Gasteiger partial charge is 0.462 e. The lowest BCUT2D eigenvalue weighted by molar-refractivity contribution is -0.870. The summed E-state index contributed by atoms with van der Waals surface area (Å²) in [4.78, 5) is 35.2. The van der Waals surface area contributed by atoms with Crippen LogP contribution in [0, 0.1) is 0 Å². The van der Waals surface area contributed by atoms with Crippen LogP contribution in [-0.2, 0) is 32.7 Å². The highest BCUT2D eigenvalue weighted by atomic mass is 31.2. The second kappa shape index (κ2) is 35.0. The van der Waals surface area contributed by atoms with Crippen LogP contribution in [-0.4, -0.2) is 74.9 Å². The summed E-state index contributed by atoms with van der Waals surface area (Å²) < 4.78 is 34.2. The molecule has 1 N–H and O–H groups in total. The zero-order chi connectivity index (χ0) is 38.6. The molecule has 9 nitrogen and oxygen atoms in total. The Bertz CT molecular complexity index is 991. The molecular formula is C42H79NO8P+. The maximum absolute atomic E-state index is 12.6. The van der Waals surface area contributed by atoms with Gasteiger partial charge in [-0.15, -0.1) is 0 Å². The van der Waals surface area contributed by atoms with Gasteiger partial charge in [0, 0.05) is 12.8 Å². The van der Waals surface area contributed by atoms with Gasteiger partial charge >= 0.3 is 19.8 Å². The molecule has 0 aromatic heterocycles. The summed E-state index contributed by atoms with van der Waals surface area (Å²) in [6.45, 7) is 4.35. The van der Waals surface area contributed by atoms with Crippen molar-refractivity contribution in [1.82, 2.24) is 0 Å². The van der Waals surface area contributed by atoms with Gasteiger partial charge in [0.25, 0.3) is 0 Å². The van der Waals surface area contributed by atoms with Crippen molar-refractivity contribution in [3.05, 3.63) is 36.5 Å². The second-order valence-electron chi connectivity index (χ2n) is 15.0. The molecule has 0 heterocycles. The third-order valence-electron chi connectivity index (χ3n) is 8.67. The summed E-state index contributed by atoms with van der Waals surface area (Å²) >= 11 is 0. The van der Waals surface area contributed by atoms with Crippen LogP contribution in [0.1, 0.15) is 168 Å². The van der Waals surface area contributed by atoms with Gasteiger partial charge in [-0.05, 0) is 64.2 Å². The Morgan fingerprint density at radius 2 is 1.04 bits per heavy atom. The highest BCUT2D eigenvalue weighted by Gasteiger charge is 2.27. The average Bonchev–Trinajstić information content (AvgIpc) is 3.09. The van der Waals surface area contributed by atoms with Crippen LogP contribution in [0.25, 0.3) is 0 Å². The summed E-state index contributed by atoms with van der Waals surface area (Å²) in [6.07, 6.45) is 37.6. The Hall–Kier alpha value is -1.77. The predicted molar refractivity (Wildman–Crippen MR) is 215 cm³/mol. The summed E-state index contributed by atoms with van der Waals surface area (Å²) in [7, 11) is 1.46. The molecule has 0 saturated heterocycles. The number of rotatable bonds is 37. The maximum Gasteiger partial charge on any atom is 0.472 e. The van der Waals surface area contributed by atoms with Crippen molar-refractivity contribution in [2.24, 2.45) is 0 Å². The quantitative estimate of drug-likeness (QED) is 0.0167. The number of quaternary nitrogens is 1. The van der Waals surface area contributed by atoms with Crippen molar-refractivity contribution >= 4 is 19.8 Å². The molecule has 0 aliphatic rings. The van der Waals surface area contributed by atoms with Crippen LogP contribution >= 0.6 is 7.82 Å². The van der Waals surface area contributed by atoms with E-state index in [4.69, 9.17) is 18.5 Å². The number of phosphoric acid groups is 1. The van der Waals surface area contributed by atoms with E-state index in [1.54, 1.807) is 0 Å². The minimum Gasteiger partial charge on any atom is -0.462 e. The Kier molecular flexibility index (Phi) is 33.8. The van der Waals surface area contributed by atoms with E-state index in [1.807, 2.05) is 21.1 Å². The Morgan fingerprint density at radius 3 is 1.54 bits per heavy atom. The van der Waals surface area contributed by atoms with Gasteiger partial charge < -0.3 is 18.9 Å². The zero-order valence-electron chi connectivity index (χ0n) is 34.0. The fourth-order valence-electron chi connectivity index (χ4n) is 5.35. The minimum atomic E-state index is -4.37. The van der Waals surface area contributed by atoms with Crippen molar-refractivity contribution in [3.8, 4) is 0 Å². The Labute approximate surface area is 319 Å². The monoisotopic (exact) mass is 757 g/mol. The van der Waals surface area contributed by atoms with Crippen molar-refractivity contribution in [2.75, 3.05) is 47.5 Å². The van der Waals surface area contributed by atoms with Gasteiger partial charge in [-0.1, -0.05) is 127 Å². The van der Waals surface area contributed by atoms with Gasteiger partial charge in [0.15, 0.2) is 6.10 Å². The fourth-order valence-corrected chi connectivity index (χ4v) is 6.09. The number of allylic oxidation sites excluding steroid dienone is 6. The third-order valence-corrected chi connectivity index (χ3v) is 9.65. The van der Waals surface area contributed by atoms with Gasteiger partial charge in [-0.3, -0.25) is 18.6 Å². The van der Waals surface area contributed by atoms with E-state index in [-0.39, 0.29) is 32.0 Å². The van der Waals surface area contributed by atoms with Crippen molar-refractivity contribution in [2.45, 2.75) is 174 Å². The molecule has 2 atom stereocenters. The van der Waals surface area contributed by atoms with Crippen molar-refractivity contribution < 1.29 is 42.1 Å². The number of unbranched alkanes of at least 4 members (excludes halogenated alkanes) is 18. The number of phosphoric ester groups is 1. The molecule has 0 bridgehead atoms. The number of hydrogen-bond acceptors (Lipinski definition) is 7. The molecule has 0 saturated carbocycles. The molecule has 0 aromatic rings. The van der Waals surface area contributed by atoms with E-state index < -0.39 is 26.5 Å². The zero-order valence-corrected chi connectivity index (χ0v) is 34.9. The minimum absolute atomic E-state index is 0.0271. The SMILES string of the molecule is CCCCCC/C=C/C=C/CCCCCCCC(=O)OC[C@H](COP(=O)(O)OCC[N+](C)(C)C)OC(=O)CCCCCCC/C=C/CCCCCC. The number of nitrogens with zero attached hydrogens (tertiary/aromatic N) is 1. The lowest BCUT2D eigenvalue weighted by Gasteiger charge is -2.24. The first kappa shape index (κ1) is 50.2. The van der Waals surface area contributed by atoms with Crippen LogP contribution < -0.4 is 0 Å². The van der Waals surface area contributed by atoms with Crippen molar-refractivity contribution in [3.63, 3.8) is 0 Å². The highest BCUT2D eigenvalue weighted by molar-refractivity contribution is 7.47. The van der Waals surface area contributed by atoms with E-state index in [9.17, 15) is 19.0 Å². The van der Waals surface area contributed by atoms with Crippen LogP contribution in [0.5, 0.6) is 0 Å². The average molecular weight is 757 g/mol. The molecule has 304 valence electrons. The second-order valence-corrected chi connectivity index (χ2v) is 16.5. The summed E-state index contributed by atoms with van der Waals surface area (Å²) in [6, 6.07) is 0. The third kappa shape index (κ3) is 38.0. The number of ether oxygens (including phenoxy) is 2. The van der Waals surface area contributed by atoms with Gasteiger partial charge in [-0.25, -0.2) is 4.57 Å². The van der Waals surface area contributed by atoms with Crippen LogP contribution in [0.2, 0.25) is 0 Å². The first-order chi connectivity index (χ1) is 25.0. The highest BCUT2D eigenvalue weighted by Crippen LogP contribution is 2.43. The topological polar surface area (TPSA) is 108 Å². The van der Waals surface area contributed by atoms with Crippen molar-refractivity contribution in [1.29, 1.82) is 0 Å². The molecule has 10 heteroatoms. The molecule has 52 heavy (non-hydrogen) atoms. The number of carbonyl (C=O) groups is 2. The molecule has 0 aliphatic heterocycles. The molecule has 1 unspecified atom stereocenters. The number of esters is 2. The van der Waals surface area contributed by atoms with Crippen LogP contribution in [0.3, 0.4) is 0 Å². The van der Waals surface area contributed by atoms with Gasteiger partial charge in [0.2, 0.25) is 0 Å². The van der Waals surface area contributed by atoms with Gasteiger partial charge in [0.05, 0.1) is 27.7 Å². The molecule has 0 aromatic carbocycles. The first-order valence-corrected chi connectivity index (χ1v) is 22.2. The molecule has 0 spiro atoms. The van der Waals surface area contributed by atoms with E-state index in [0.29, 0.717) is 17.4 Å². The largest absolute Gasteiger partial charge is 0.472 e. The molecular weight excluding hydrogens is 677 g/mol. The van der Waals surface area contributed by atoms with Gasteiger partial charge in [0.1, 0.15) is 19.8 Å². The standard InChI is InChI=1S/C42H78NO8P/c1-6-8-10-12-14-16-18-20-21-23-24-26-28-30-32-34-41(44)48-38-40(39-50-52(46,47)49-37-36-43(3,4)5)51-42(45)35-33-31-29-27-25-22-19-17-15-13-11-9-7-2/h16-21,40H,6-15,22-39H2,1-5H3/p+1/b18-16+,19-17+,21-20+/t40-/m1/s1. The van der Waals surface area contributed by atoms with Crippen LogP contribution in [0.15, 0.2) is 36.5 Å². The molecule has 0 aliphatic carbocycles.